The normalized spacial score (nSPS) is 14.9. The molecule has 16 heavy (non-hydrogen) atoms. The molecule has 0 heterocycles. The van der Waals surface area contributed by atoms with Gasteiger partial charge in [-0.05, 0) is 0 Å². The van der Waals surface area contributed by atoms with Gasteiger partial charge in [0.1, 0.15) is 0 Å². The van der Waals surface area contributed by atoms with Gasteiger partial charge < -0.3 is 4.74 Å². The zero-order valence-electron chi connectivity index (χ0n) is 9.37. The maximum atomic E-state index is 10.7. The maximum Gasteiger partial charge on any atom is 0.264 e. The van der Waals surface area contributed by atoms with Crippen molar-refractivity contribution < 1.29 is 29.9 Å². The summed E-state index contributed by atoms with van der Waals surface area (Å²) in [5.41, 5.74) is 0. The Morgan fingerprint density at radius 2 is 1.50 bits per heavy atom. The van der Waals surface area contributed by atoms with Crippen LogP contribution in [0.15, 0.2) is 0 Å². The summed E-state index contributed by atoms with van der Waals surface area (Å²) in [5.74, 6) is 0. The van der Waals surface area contributed by atoms with Crippen molar-refractivity contribution in [2.24, 2.45) is 0 Å². The van der Waals surface area contributed by atoms with E-state index in [0.717, 1.165) is 12.5 Å². The molecular formula is C7H16O7S2. The van der Waals surface area contributed by atoms with Gasteiger partial charge in [-0.15, -0.1) is 0 Å². The predicted molar refractivity (Wildman–Crippen MR) is 57.0 cm³/mol. The van der Waals surface area contributed by atoms with Gasteiger partial charge in [0, 0.05) is 13.5 Å². The molecule has 98 valence electrons. The molecule has 0 saturated carbocycles. The summed E-state index contributed by atoms with van der Waals surface area (Å²) in [5, 5.41) is 0. The van der Waals surface area contributed by atoms with Crippen LogP contribution in [0.25, 0.3) is 0 Å². The number of methoxy groups -OCH3 is 1. The Hall–Kier alpha value is -0.220. The van der Waals surface area contributed by atoms with E-state index in [4.69, 9.17) is 4.74 Å². The smallest absolute Gasteiger partial charge is 0.264 e. The van der Waals surface area contributed by atoms with Gasteiger partial charge >= 0.3 is 0 Å². The van der Waals surface area contributed by atoms with Crippen LogP contribution in [-0.4, -0.2) is 55.8 Å². The largest absolute Gasteiger partial charge is 0.379 e. The zero-order valence-corrected chi connectivity index (χ0v) is 11.0. The van der Waals surface area contributed by atoms with Crippen LogP contribution >= 0.6 is 0 Å². The van der Waals surface area contributed by atoms with Crippen LogP contribution in [0.5, 0.6) is 0 Å². The lowest BCUT2D eigenvalue weighted by Crippen LogP contribution is -2.23. The molecule has 0 fully saturated rings. The summed E-state index contributed by atoms with van der Waals surface area (Å²) >= 11 is 0. The molecule has 9 heteroatoms. The fraction of sp³-hybridized carbons (Fsp3) is 1.00. The molecular weight excluding hydrogens is 260 g/mol. The second-order valence-corrected chi connectivity index (χ2v) is 6.45. The lowest BCUT2D eigenvalue weighted by Gasteiger charge is -2.13. The predicted octanol–water partition coefficient (Wildman–Crippen LogP) is -0.656. The average Bonchev–Trinajstić information content (AvgIpc) is 2.07. The molecule has 0 saturated heterocycles. The highest BCUT2D eigenvalue weighted by molar-refractivity contribution is 7.86. The van der Waals surface area contributed by atoms with Gasteiger partial charge in [-0.2, -0.15) is 16.8 Å². The Morgan fingerprint density at radius 3 is 1.88 bits per heavy atom. The highest BCUT2D eigenvalue weighted by Gasteiger charge is 2.13. The summed E-state index contributed by atoms with van der Waals surface area (Å²) < 4.78 is 56.5. The first kappa shape index (κ1) is 15.8. The lowest BCUT2D eigenvalue weighted by atomic mass is 10.3. The molecule has 0 amide bonds. The van der Waals surface area contributed by atoms with Crippen molar-refractivity contribution >= 4 is 20.2 Å². The van der Waals surface area contributed by atoms with Gasteiger partial charge in [-0.1, -0.05) is 0 Å². The van der Waals surface area contributed by atoms with E-state index in [0.29, 0.717) is 0 Å². The monoisotopic (exact) mass is 276 g/mol. The molecule has 0 aliphatic carbocycles. The Labute approximate surface area is 95.9 Å². The molecule has 0 N–H and O–H groups in total. The van der Waals surface area contributed by atoms with E-state index >= 15 is 0 Å². The molecule has 1 atom stereocenters. The summed E-state index contributed by atoms with van der Waals surface area (Å²) in [6.45, 7) is -0.243. The van der Waals surface area contributed by atoms with E-state index in [1.165, 1.54) is 7.11 Å². The number of ether oxygens (including phenoxy) is 1. The summed E-state index contributed by atoms with van der Waals surface area (Å²) in [6, 6.07) is 0. The first-order chi connectivity index (χ1) is 7.14. The second kappa shape index (κ2) is 6.50. The summed E-state index contributed by atoms with van der Waals surface area (Å²) in [6.07, 6.45) is 1.55. The SMILES string of the molecule is CO[C@@H](CCOS(C)(=O)=O)COS(C)(=O)=O. The minimum atomic E-state index is -3.52. The first-order valence-corrected chi connectivity index (χ1v) is 7.99. The van der Waals surface area contributed by atoms with Gasteiger partial charge in [0.2, 0.25) is 0 Å². The molecule has 0 unspecified atom stereocenters. The van der Waals surface area contributed by atoms with Gasteiger partial charge in [0.15, 0.2) is 0 Å². The van der Waals surface area contributed by atoms with E-state index in [9.17, 15) is 16.8 Å². The highest BCUT2D eigenvalue weighted by atomic mass is 32.2. The van der Waals surface area contributed by atoms with Gasteiger partial charge in [0.05, 0.1) is 31.8 Å². The van der Waals surface area contributed by atoms with Crippen LogP contribution < -0.4 is 0 Å². The fourth-order valence-corrected chi connectivity index (χ4v) is 1.60. The van der Waals surface area contributed by atoms with E-state index in [1.54, 1.807) is 0 Å². The Bertz CT molecular complexity index is 383. The fourth-order valence-electron chi connectivity index (χ4n) is 0.800. The zero-order chi connectivity index (χ0) is 12.8. The number of hydrogen-bond donors (Lipinski definition) is 0. The Kier molecular flexibility index (Phi) is 6.41. The maximum absolute atomic E-state index is 10.7. The first-order valence-electron chi connectivity index (χ1n) is 4.35. The van der Waals surface area contributed by atoms with Crippen LogP contribution in [0.1, 0.15) is 6.42 Å². The minimum absolute atomic E-state index is 0.0789. The number of hydrogen-bond acceptors (Lipinski definition) is 7. The van der Waals surface area contributed by atoms with Gasteiger partial charge in [-0.3, -0.25) is 8.37 Å². The minimum Gasteiger partial charge on any atom is -0.379 e. The van der Waals surface area contributed by atoms with Crippen LogP contribution in [0, 0.1) is 0 Å². The van der Waals surface area contributed by atoms with Crippen LogP contribution in [0.4, 0.5) is 0 Å². The summed E-state index contributed by atoms with van der Waals surface area (Å²) in [4.78, 5) is 0. The second-order valence-electron chi connectivity index (χ2n) is 3.16. The number of rotatable bonds is 8. The molecule has 7 nitrogen and oxygen atoms in total. The summed E-state index contributed by atoms with van der Waals surface area (Å²) in [7, 11) is -5.64. The molecule has 0 bridgehead atoms. The van der Waals surface area contributed by atoms with E-state index in [-0.39, 0.29) is 19.6 Å². The molecule has 0 aromatic rings. The van der Waals surface area contributed by atoms with Crippen molar-refractivity contribution in [3.63, 3.8) is 0 Å². The third-order valence-electron chi connectivity index (χ3n) is 1.54. The molecule has 0 spiro atoms. The van der Waals surface area contributed by atoms with Crippen molar-refractivity contribution in [2.75, 3.05) is 32.8 Å². The molecule has 0 aliphatic rings. The van der Waals surface area contributed by atoms with Crippen LogP contribution in [0.2, 0.25) is 0 Å². The molecule has 0 rings (SSSR count). The van der Waals surface area contributed by atoms with Gasteiger partial charge in [-0.25, -0.2) is 0 Å². The molecule has 0 radical (unpaired) electrons. The molecule has 0 aliphatic heterocycles. The molecule has 0 aromatic heterocycles. The quantitative estimate of drug-likeness (QED) is 0.543. The van der Waals surface area contributed by atoms with E-state index in [2.05, 4.69) is 8.37 Å². The van der Waals surface area contributed by atoms with Crippen molar-refractivity contribution in [1.82, 2.24) is 0 Å². The Morgan fingerprint density at radius 1 is 1.00 bits per heavy atom. The van der Waals surface area contributed by atoms with Crippen molar-refractivity contribution in [3.05, 3.63) is 0 Å². The highest BCUT2D eigenvalue weighted by Crippen LogP contribution is 2.02. The van der Waals surface area contributed by atoms with Crippen molar-refractivity contribution in [3.8, 4) is 0 Å². The van der Waals surface area contributed by atoms with Crippen molar-refractivity contribution in [1.29, 1.82) is 0 Å². The topological polar surface area (TPSA) is 96.0 Å². The van der Waals surface area contributed by atoms with Crippen LogP contribution in [-0.2, 0) is 33.3 Å². The lowest BCUT2D eigenvalue weighted by molar-refractivity contribution is 0.0451. The van der Waals surface area contributed by atoms with E-state index in [1.807, 2.05) is 0 Å². The third kappa shape index (κ3) is 10.3. The standard InChI is InChI=1S/C7H16O7S2/c1-12-7(6-14-16(3,10)11)4-5-13-15(2,8)9/h7H,4-6H2,1-3H3/t7-/m0/s1. The average molecular weight is 276 g/mol. The Balaban J connectivity index is 3.94. The van der Waals surface area contributed by atoms with Crippen molar-refractivity contribution in [2.45, 2.75) is 12.5 Å². The third-order valence-corrected chi connectivity index (χ3v) is 2.70. The van der Waals surface area contributed by atoms with E-state index < -0.39 is 26.3 Å². The van der Waals surface area contributed by atoms with Gasteiger partial charge in [0.25, 0.3) is 20.2 Å². The van der Waals surface area contributed by atoms with Crippen LogP contribution in [0.3, 0.4) is 0 Å². The molecule has 0 aromatic carbocycles.